The lowest BCUT2D eigenvalue weighted by molar-refractivity contribution is -0.123. The van der Waals surface area contributed by atoms with Gasteiger partial charge in [0.25, 0.3) is 5.91 Å². The van der Waals surface area contributed by atoms with E-state index in [1.54, 1.807) is 42.5 Å². The number of rotatable bonds is 8. The third kappa shape index (κ3) is 5.59. The Morgan fingerprint density at radius 3 is 2.86 bits per heavy atom. The minimum Gasteiger partial charge on any atom is -0.449 e. The first kappa shape index (κ1) is 20.9. The van der Waals surface area contributed by atoms with Crippen molar-refractivity contribution in [2.45, 2.75) is 13.3 Å². The highest BCUT2D eigenvalue weighted by atomic mass is 35.5. The molecule has 1 aliphatic rings. The minimum absolute atomic E-state index is 0.0965. The second kappa shape index (κ2) is 10.1. The Morgan fingerprint density at radius 1 is 1.24 bits per heavy atom. The van der Waals surface area contributed by atoms with E-state index in [-0.39, 0.29) is 24.1 Å². The highest BCUT2D eigenvalue weighted by Gasteiger charge is 2.31. The Bertz CT molecular complexity index is 913. The first-order chi connectivity index (χ1) is 14.1. The molecule has 29 heavy (non-hydrogen) atoms. The van der Waals surface area contributed by atoms with Crippen LogP contribution < -0.4 is 15.0 Å². The number of fused-ring (bicyclic) bond motifs is 1. The predicted octanol–water partition coefficient (Wildman–Crippen LogP) is 3.65. The number of ether oxygens (including phenoxy) is 2. The number of hydrogen-bond donors (Lipinski definition) is 1. The third-order valence-electron chi connectivity index (χ3n) is 4.27. The summed E-state index contributed by atoms with van der Waals surface area (Å²) in [5.41, 5.74) is 1.30. The molecule has 0 radical (unpaired) electrons. The van der Waals surface area contributed by atoms with Gasteiger partial charge in [-0.1, -0.05) is 35.9 Å². The van der Waals surface area contributed by atoms with Crippen LogP contribution in [0.1, 0.15) is 18.9 Å². The van der Waals surface area contributed by atoms with Crippen molar-refractivity contribution in [3.63, 3.8) is 0 Å². The van der Waals surface area contributed by atoms with Crippen LogP contribution in [0.3, 0.4) is 0 Å². The number of para-hydroxylation sites is 2. The first-order valence-corrected chi connectivity index (χ1v) is 9.86. The van der Waals surface area contributed by atoms with Crippen LogP contribution in [-0.2, 0) is 14.3 Å². The number of carbonyl (C=O) groups excluding carboxylic acids is 2. The number of halogens is 1. The molecular formula is C22H23ClN2O4. The van der Waals surface area contributed by atoms with Crippen LogP contribution >= 0.6 is 11.6 Å². The number of nitrogens with zero attached hydrogens (tertiary/aromatic N) is 1. The van der Waals surface area contributed by atoms with Gasteiger partial charge in [0.05, 0.1) is 5.69 Å². The van der Waals surface area contributed by atoms with Gasteiger partial charge in [-0.15, -0.1) is 0 Å². The number of hydrogen-bond acceptors (Lipinski definition) is 4. The van der Waals surface area contributed by atoms with E-state index in [1.807, 2.05) is 19.1 Å². The normalized spacial score (nSPS) is 14.5. The molecule has 0 fully saturated rings. The van der Waals surface area contributed by atoms with Gasteiger partial charge < -0.3 is 14.8 Å². The molecule has 0 saturated carbocycles. The Balaban J connectivity index is 1.76. The van der Waals surface area contributed by atoms with Crippen LogP contribution in [0, 0.1) is 0 Å². The molecule has 0 saturated heterocycles. The van der Waals surface area contributed by atoms with E-state index >= 15 is 0 Å². The molecule has 1 heterocycles. The second-order valence-corrected chi connectivity index (χ2v) is 6.86. The van der Waals surface area contributed by atoms with Crippen molar-refractivity contribution in [2.24, 2.45) is 0 Å². The summed E-state index contributed by atoms with van der Waals surface area (Å²) < 4.78 is 11.1. The van der Waals surface area contributed by atoms with Crippen molar-refractivity contribution in [3.8, 4) is 5.75 Å². The zero-order valence-electron chi connectivity index (χ0n) is 16.2. The summed E-state index contributed by atoms with van der Waals surface area (Å²) in [7, 11) is 0. The van der Waals surface area contributed by atoms with Gasteiger partial charge in [0.1, 0.15) is 6.54 Å². The predicted molar refractivity (Wildman–Crippen MR) is 113 cm³/mol. The molecule has 0 atom stereocenters. The summed E-state index contributed by atoms with van der Waals surface area (Å²) in [6, 6.07) is 14.2. The fourth-order valence-electron chi connectivity index (χ4n) is 2.91. The topological polar surface area (TPSA) is 67.9 Å². The number of anilines is 1. The van der Waals surface area contributed by atoms with Crippen LogP contribution in [0.2, 0.25) is 5.02 Å². The van der Waals surface area contributed by atoms with Gasteiger partial charge in [-0.3, -0.25) is 14.5 Å². The average Bonchev–Trinajstić information content (AvgIpc) is 2.71. The molecule has 0 unspecified atom stereocenters. The Hall–Kier alpha value is -2.83. The lowest BCUT2D eigenvalue weighted by atomic mass is 10.1. The van der Waals surface area contributed by atoms with E-state index in [4.69, 9.17) is 21.1 Å². The maximum absolute atomic E-state index is 13.0. The zero-order valence-corrected chi connectivity index (χ0v) is 16.9. The smallest absolute Gasteiger partial charge is 0.294 e. The maximum Gasteiger partial charge on any atom is 0.294 e. The van der Waals surface area contributed by atoms with Gasteiger partial charge in [-0.05, 0) is 49.2 Å². The van der Waals surface area contributed by atoms with Gasteiger partial charge in [0, 0.05) is 24.8 Å². The van der Waals surface area contributed by atoms with Crippen molar-refractivity contribution in [1.29, 1.82) is 0 Å². The highest BCUT2D eigenvalue weighted by molar-refractivity contribution is 6.30. The SMILES string of the molecule is CCOCCCNC(=O)CN1C(=O)C(=Cc2cccc(Cl)c2)Oc2ccccc21. The van der Waals surface area contributed by atoms with Crippen molar-refractivity contribution >= 4 is 35.2 Å². The molecular weight excluding hydrogens is 392 g/mol. The van der Waals surface area contributed by atoms with Gasteiger partial charge in [0.15, 0.2) is 11.5 Å². The first-order valence-electron chi connectivity index (χ1n) is 9.49. The van der Waals surface area contributed by atoms with Crippen molar-refractivity contribution in [3.05, 3.63) is 64.9 Å². The lowest BCUT2D eigenvalue weighted by Crippen LogP contribution is -2.44. The number of amides is 2. The lowest BCUT2D eigenvalue weighted by Gasteiger charge is -2.30. The summed E-state index contributed by atoms with van der Waals surface area (Å²) in [4.78, 5) is 26.8. The molecule has 7 heteroatoms. The minimum atomic E-state index is -0.381. The molecule has 0 aliphatic carbocycles. The Labute approximate surface area is 175 Å². The second-order valence-electron chi connectivity index (χ2n) is 6.43. The van der Waals surface area contributed by atoms with Gasteiger partial charge in [0.2, 0.25) is 5.91 Å². The fourth-order valence-corrected chi connectivity index (χ4v) is 3.11. The molecule has 0 aromatic heterocycles. The highest BCUT2D eigenvalue weighted by Crippen LogP contribution is 2.35. The van der Waals surface area contributed by atoms with Crippen molar-refractivity contribution in [1.82, 2.24) is 5.32 Å². The molecule has 1 N–H and O–H groups in total. The number of nitrogens with one attached hydrogen (secondary N) is 1. The number of carbonyl (C=O) groups is 2. The maximum atomic E-state index is 13.0. The standard InChI is InChI=1S/C22H23ClN2O4/c1-2-28-12-6-11-24-21(26)15-25-18-9-3-4-10-19(18)29-20(22(25)27)14-16-7-5-8-17(23)13-16/h3-5,7-10,13-14H,2,6,11-12,15H2,1H3,(H,24,26). The summed E-state index contributed by atoms with van der Waals surface area (Å²) in [6.45, 7) is 3.55. The van der Waals surface area contributed by atoms with E-state index in [0.717, 1.165) is 5.56 Å². The summed E-state index contributed by atoms with van der Waals surface area (Å²) in [6.07, 6.45) is 2.34. The molecule has 6 nitrogen and oxygen atoms in total. The molecule has 2 aromatic carbocycles. The summed E-state index contributed by atoms with van der Waals surface area (Å²) in [5, 5.41) is 3.38. The quantitative estimate of drug-likeness (QED) is 0.529. The monoisotopic (exact) mass is 414 g/mol. The van der Waals surface area contributed by atoms with E-state index in [0.29, 0.717) is 42.6 Å². The molecule has 2 aromatic rings. The Morgan fingerprint density at radius 2 is 2.07 bits per heavy atom. The van der Waals surface area contributed by atoms with Gasteiger partial charge in [-0.25, -0.2) is 0 Å². The average molecular weight is 415 g/mol. The molecule has 3 rings (SSSR count). The molecule has 2 amide bonds. The fraction of sp³-hybridized carbons (Fsp3) is 0.273. The van der Waals surface area contributed by atoms with Gasteiger partial charge in [-0.2, -0.15) is 0 Å². The van der Waals surface area contributed by atoms with Crippen LogP contribution in [0.25, 0.3) is 6.08 Å². The Kier molecular flexibility index (Phi) is 7.27. The zero-order chi connectivity index (χ0) is 20.6. The van der Waals surface area contributed by atoms with E-state index in [2.05, 4.69) is 5.32 Å². The van der Waals surface area contributed by atoms with Crippen LogP contribution in [0.5, 0.6) is 5.75 Å². The van der Waals surface area contributed by atoms with E-state index in [1.165, 1.54) is 4.90 Å². The van der Waals surface area contributed by atoms with E-state index in [9.17, 15) is 9.59 Å². The molecule has 152 valence electrons. The summed E-state index contributed by atoms with van der Waals surface area (Å²) >= 11 is 6.03. The molecule has 1 aliphatic heterocycles. The molecule has 0 spiro atoms. The van der Waals surface area contributed by atoms with Crippen molar-refractivity contribution in [2.75, 3.05) is 31.2 Å². The molecule has 0 bridgehead atoms. The summed E-state index contributed by atoms with van der Waals surface area (Å²) in [5.74, 6) is 0.0291. The van der Waals surface area contributed by atoms with Crippen LogP contribution in [0.15, 0.2) is 54.3 Å². The van der Waals surface area contributed by atoms with Crippen molar-refractivity contribution < 1.29 is 19.1 Å². The van der Waals surface area contributed by atoms with E-state index < -0.39 is 0 Å². The third-order valence-corrected chi connectivity index (χ3v) is 4.51. The van der Waals surface area contributed by atoms with Gasteiger partial charge >= 0.3 is 0 Å². The van der Waals surface area contributed by atoms with Crippen LogP contribution in [-0.4, -0.2) is 38.1 Å². The number of benzene rings is 2. The van der Waals surface area contributed by atoms with Crippen LogP contribution in [0.4, 0.5) is 5.69 Å². The largest absolute Gasteiger partial charge is 0.449 e.